The van der Waals surface area contributed by atoms with Crippen LogP contribution in [0.2, 0.25) is 0 Å². The van der Waals surface area contributed by atoms with Crippen LogP contribution in [0, 0.1) is 0 Å². The molecule has 0 aliphatic rings. The van der Waals surface area contributed by atoms with E-state index in [0.717, 1.165) is 25.9 Å². The summed E-state index contributed by atoms with van der Waals surface area (Å²) in [5.74, 6) is -1.07. The van der Waals surface area contributed by atoms with Gasteiger partial charge in [0, 0.05) is 0 Å². The lowest BCUT2D eigenvalue weighted by Crippen LogP contribution is -2.29. The third-order valence-corrected chi connectivity index (χ3v) is 2.18. The lowest BCUT2D eigenvalue weighted by atomic mass is 10.4. The number of rotatable bonds is 8. The Hall–Kier alpha value is -1.14. The van der Waals surface area contributed by atoms with Crippen LogP contribution < -0.4 is 5.73 Å². The first-order valence-corrected chi connectivity index (χ1v) is 6.31. The molecule has 0 aromatic heterocycles. The lowest BCUT2D eigenvalue weighted by molar-refractivity contribution is -0.142. The fourth-order valence-corrected chi connectivity index (χ4v) is 1.03. The van der Waals surface area contributed by atoms with E-state index in [1.54, 1.807) is 0 Å². The van der Waals surface area contributed by atoms with E-state index < -0.39 is 5.97 Å². The Kier molecular flexibility index (Phi) is 14.9. The molecule has 0 aromatic rings. The van der Waals surface area contributed by atoms with E-state index in [4.69, 9.17) is 10.8 Å². The van der Waals surface area contributed by atoms with Crippen molar-refractivity contribution in [3.63, 3.8) is 0 Å². The average molecular weight is 262 g/mol. The molecule has 0 spiro atoms. The molecule has 3 N–H and O–H groups in total. The molecule has 0 unspecified atom stereocenters. The predicted octanol–water partition coefficient (Wildman–Crippen LogP) is 0.701. The Bertz CT molecular complexity index is 218. The zero-order valence-electron chi connectivity index (χ0n) is 11.6. The van der Waals surface area contributed by atoms with Crippen LogP contribution in [0.4, 0.5) is 0 Å². The first-order chi connectivity index (χ1) is 8.51. The van der Waals surface area contributed by atoms with E-state index in [2.05, 4.69) is 4.74 Å². The molecule has 0 fully saturated rings. The normalized spacial score (nSPS) is 9.61. The average Bonchev–Trinajstić information content (AvgIpc) is 2.36. The van der Waals surface area contributed by atoms with E-state index in [1.165, 1.54) is 0 Å². The molecule has 0 saturated heterocycles. The van der Waals surface area contributed by atoms with Crippen molar-refractivity contribution in [1.82, 2.24) is 4.90 Å². The molecule has 6 nitrogen and oxygen atoms in total. The number of unbranched alkanes of at least 4 members (excludes halogenated alkanes) is 1. The van der Waals surface area contributed by atoms with Crippen LogP contribution in [-0.2, 0) is 14.3 Å². The largest absolute Gasteiger partial charge is 0.480 e. The molecule has 0 aliphatic carbocycles. The maximum absolute atomic E-state index is 10.3. The van der Waals surface area contributed by atoms with Crippen LogP contribution >= 0.6 is 0 Å². The number of carbonyl (C=O) groups is 2. The highest BCUT2D eigenvalue weighted by atomic mass is 16.5. The Morgan fingerprint density at radius 2 is 1.78 bits per heavy atom. The topological polar surface area (TPSA) is 92.9 Å². The zero-order valence-corrected chi connectivity index (χ0v) is 11.6. The van der Waals surface area contributed by atoms with Crippen molar-refractivity contribution in [3.8, 4) is 0 Å². The maximum Gasteiger partial charge on any atom is 0.319 e. The third-order valence-electron chi connectivity index (χ3n) is 2.18. The Morgan fingerprint density at radius 3 is 2.06 bits per heavy atom. The molecule has 108 valence electrons. The number of nitrogens with zero attached hydrogens (tertiary/aromatic N) is 1. The second-order valence-electron chi connectivity index (χ2n) is 3.63. The number of esters is 1. The van der Waals surface area contributed by atoms with Gasteiger partial charge in [-0.15, -0.1) is 0 Å². The highest BCUT2D eigenvalue weighted by Crippen LogP contribution is 1.87. The van der Waals surface area contributed by atoms with Gasteiger partial charge in [0.25, 0.3) is 0 Å². The minimum absolute atomic E-state index is 0.0102. The van der Waals surface area contributed by atoms with Crippen molar-refractivity contribution in [1.29, 1.82) is 0 Å². The molecule has 6 heteroatoms. The van der Waals surface area contributed by atoms with Gasteiger partial charge in [-0.2, -0.15) is 0 Å². The van der Waals surface area contributed by atoms with E-state index in [9.17, 15) is 9.59 Å². The van der Waals surface area contributed by atoms with Gasteiger partial charge in [-0.3, -0.25) is 14.5 Å². The number of ether oxygens (including phenoxy) is 1. The minimum Gasteiger partial charge on any atom is -0.480 e. The van der Waals surface area contributed by atoms with Crippen LogP contribution in [0.25, 0.3) is 0 Å². The highest BCUT2D eigenvalue weighted by molar-refractivity contribution is 5.71. The van der Waals surface area contributed by atoms with E-state index >= 15 is 0 Å². The second-order valence-corrected chi connectivity index (χ2v) is 3.63. The summed E-state index contributed by atoms with van der Waals surface area (Å²) in [6, 6.07) is 0. The van der Waals surface area contributed by atoms with E-state index in [0.29, 0.717) is 6.61 Å². The van der Waals surface area contributed by atoms with Crippen LogP contribution in [0.1, 0.15) is 33.6 Å². The molecule has 0 atom stereocenters. The second kappa shape index (κ2) is 13.9. The molecule has 0 rings (SSSR count). The summed E-state index contributed by atoms with van der Waals surface area (Å²) in [5.41, 5.74) is 4.98. The fraction of sp³-hybridized carbons (Fsp3) is 0.833. The maximum atomic E-state index is 10.3. The Morgan fingerprint density at radius 1 is 1.22 bits per heavy atom. The van der Waals surface area contributed by atoms with Gasteiger partial charge in [-0.1, -0.05) is 27.2 Å². The smallest absolute Gasteiger partial charge is 0.319 e. The fourth-order valence-electron chi connectivity index (χ4n) is 1.03. The molecule has 0 radical (unpaired) electrons. The number of carbonyl (C=O) groups excluding carboxylic acids is 1. The van der Waals surface area contributed by atoms with Gasteiger partial charge in [0.2, 0.25) is 0 Å². The van der Waals surface area contributed by atoms with Crippen molar-refractivity contribution >= 4 is 11.9 Å². The standard InChI is InChI=1S/2C6H13NO2/c1-3-7(4-2)5-6(8)9;1-2-3-4-9-6(8)5-7/h3-5H2,1-2H3,(H,8,9);2-5,7H2,1H3. The first kappa shape index (κ1) is 19.2. The summed E-state index contributed by atoms with van der Waals surface area (Å²) in [7, 11) is 0. The van der Waals surface area contributed by atoms with Gasteiger partial charge in [0.05, 0.1) is 19.7 Å². The van der Waals surface area contributed by atoms with Crippen LogP contribution in [-0.4, -0.2) is 54.7 Å². The van der Waals surface area contributed by atoms with Gasteiger partial charge in [-0.05, 0) is 19.5 Å². The molecule has 0 bridgehead atoms. The lowest BCUT2D eigenvalue weighted by Gasteiger charge is -2.13. The number of hydrogen-bond acceptors (Lipinski definition) is 5. The summed E-state index contributed by atoms with van der Waals surface area (Å²) < 4.78 is 4.67. The first-order valence-electron chi connectivity index (χ1n) is 6.31. The quantitative estimate of drug-likeness (QED) is 0.494. The van der Waals surface area contributed by atoms with Gasteiger partial charge in [-0.25, -0.2) is 0 Å². The van der Waals surface area contributed by atoms with Crippen molar-refractivity contribution in [2.75, 3.05) is 32.8 Å². The van der Waals surface area contributed by atoms with Gasteiger partial charge >= 0.3 is 11.9 Å². The van der Waals surface area contributed by atoms with E-state index in [1.807, 2.05) is 25.7 Å². The molecule has 0 aromatic carbocycles. The molecular formula is C12H26N2O4. The number of nitrogens with two attached hydrogens (primary N) is 1. The summed E-state index contributed by atoms with van der Waals surface area (Å²) in [4.78, 5) is 22.3. The van der Waals surface area contributed by atoms with Crippen molar-refractivity contribution in [3.05, 3.63) is 0 Å². The predicted molar refractivity (Wildman–Crippen MR) is 70.3 cm³/mol. The van der Waals surface area contributed by atoms with Crippen molar-refractivity contribution < 1.29 is 19.4 Å². The van der Waals surface area contributed by atoms with Gasteiger partial charge in [0.1, 0.15) is 0 Å². The molecule has 0 saturated carbocycles. The minimum atomic E-state index is -0.751. The number of carboxylic acid groups (broad SMARTS) is 1. The summed E-state index contributed by atoms with van der Waals surface area (Å²) in [6.07, 6.45) is 1.96. The van der Waals surface area contributed by atoms with Gasteiger partial charge in [0.15, 0.2) is 0 Å². The molecule has 18 heavy (non-hydrogen) atoms. The van der Waals surface area contributed by atoms with Crippen LogP contribution in [0.3, 0.4) is 0 Å². The molecule has 0 aliphatic heterocycles. The zero-order chi connectivity index (χ0) is 14.4. The van der Waals surface area contributed by atoms with Crippen LogP contribution in [0.5, 0.6) is 0 Å². The van der Waals surface area contributed by atoms with Crippen molar-refractivity contribution in [2.45, 2.75) is 33.6 Å². The Labute approximate surface area is 109 Å². The number of hydrogen-bond donors (Lipinski definition) is 2. The summed E-state index contributed by atoms with van der Waals surface area (Å²) in [6.45, 7) is 8.21. The molecule has 0 amide bonds. The van der Waals surface area contributed by atoms with E-state index in [-0.39, 0.29) is 19.1 Å². The molecule has 0 heterocycles. The molecular weight excluding hydrogens is 236 g/mol. The number of likely N-dealkylation sites (N-methyl/N-ethyl adjacent to an activating group) is 1. The highest BCUT2D eigenvalue weighted by Gasteiger charge is 2.02. The van der Waals surface area contributed by atoms with Crippen molar-refractivity contribution in [2.24, 2.45) is 5.73 Å². The van der Waals surface area contributed by atoms with Crippen LogP contribution in [0.15, 0.2) is 0 Å². The Balaban J connectivity index is 0. The monoisotopic (exact) mass is 262 g/mol. The van der Waals surface area contributed by atoms with Gasteiger partial charge < -0.3 is 15.6 Å². The summed E-state index contributed by atoms with van der Waals surface area (Å²) >= 11 is 0. The number of carboxylic acids is 1. The number of aliphatic carboxylic acids is 1. The SMILES string of the molecule is CCCCOC(=O)CN.CCN(CC)CC(=O)O. The summed E-state index contributed by atoms with van der Waals surface area (Å²) in [5, 5.41) is 8.30. The third kappa shape index (κ3) is 14.9.